The summed E-state index contributed by atoms with van der Waals surface area (Å²) in [6.07, 6.45) is -1.42. The van der Waals surface area contributed by atoms with Crippen LogP contribution in [0.1, 0.15) is 24.8 Å². The normalized spacial score (nSPS) is 24.2. The molecule has 0 aliphatic carbocycles. The number of rotatable bonds is 12. The van der Waals surface area contributed by atoms with Crippen LogP contribution in [0.15, 0.2) is 59.5 Å². The number of methoxy groups -OCH3 is 1. The van der Waals surface area contributed by atoms with Gasteiger partial charge in [-0.25, -0.2) is 13.2 Å². The molecule has 13 heteroatoms. The molecule has 3 fully saturated rings. The van der Waals surface area contributed by atoms with E-state index in [1.54, 1.807) is 12.1 Å². The number of aliphatic hydroxyl groups excluding tert-OH is 1. The molecule has 5 rings (SSSR count). The summed E-state index contributed by atoms with van der Waals surface area (Å²) in [5, 5.41) is 14.2. The summed E-state index contributed by atoms with van der Waals surface area (Å²) in [6.45, 7) is 1.20. The van der Waals surface area contributed by atoms with Crippen LogP contribution in [0, 0.1) is 5.92 Å². The fourth-order valence-electron chi connectivity index (χ4n) is 5.31. The fourth-order valence-corrected chi connectivity index (χ4v) is 6.61. The minimum absolute atomic E-state index is 0.0240. The molecule has 0 aromatic heterocycles. The molecule has 5 atom stereocenters. The Bertz CT molecular complexity index is 1260. The van der Waals surface area contributed by atoms with Crippen molar-refractivity contribution in [3.8, 4) is 5.75 Å². The highest BCUT2D eigenvalue weighted by molar-refractivity contribution is 7.89. The lowest BCUT2D eigenvalue weighted by atomic mass is 10.0. The van der Waals surface area contributed by atoms with E-state index >= 15 is 0 Å². The van der Waals surface area contributed by atoms with Crippen LogP contribution in [0.3, 0.4) is 0 Å². The Morgan fingerprint density at radius 1 is 1.05 bits per heavy atom. The van der Waals surface area contributed by atoms with Gasteiger partial charge in [-0.2, -0.15) is 0 Å². The van der Waals surface area contributed by atoms with E-state index in [9.17, 15) is 18.3 Å². The lowest BCUT2D eigenvalue weighted by molar-refractivity contribution is -0.170. The lowest BCUT2D eigenvalue weighted by Gasteiger charge is -2.32. The molecule has 0 spiro atoms. The Kier molecular flexibility index (Phi) is 10.3. The molecule has 1 amide bonds. The third-order valence-electron chi connectivity index (χ3n) is 7.71. The maximum absolute atomic E-state index is 13.8. The van der Waals surface area contributed by atoms with Crippen molar-refractivity contribution in [1.29, 1.82) is 0 Å². The van der Waals surface area contributed by atoms with Gasteiger partial charge in [0.05, 0.1) is 55.9 Å². The summed E-state index contributed by atoms with van der Waals surface area (Å²) < 4.78 is 55.7. The average Bonchev–Trinajstić information content (AvgIpc) is 3.63. The summed E-state index contributed by atoms with van der Waals surface area (Å²) in [6, 6.07) is 14.3. The highest BCUT2D eigenvalue weighted by atomic mass is 32.2. The van der Waals surface area contributed by atoms with Crippen LogP contribution < -0.4 is 10.1 Å². The number of amides is 1. The van der Waals surface area contributed by atoms with Gasteiger partial charge < -0.3 is 34.1 Å². The number of ether oxygens (including phenoxy) is 5. The zero-order chi connectivity index (χ0) is 29.5. The maximum Gasteiger partial charge on any atom is 0.407 e. The molecule has 2 aromatic rings. The first-order chi connectivity index (χ1) is 20.3. The zero-order valence-electron chi connectivity index (χ0n) is 23.5. The van der Waals surface area contributed by atoms with Crippen molar-refractivity contribution in [3.63, 3.8) is 0 Å². The number of sulfonamides is 1. The molecule has 230 valence electrons. The van der Waals surface area contributed by atoms with Crippen LogP contribution in [-0.2, 0) is 40.2 Å². The summed E-state index contributed by atoms with van der Waals surface area (Å²) in [5.74, 6) is 0.450. The highest BCUT2D eigenvalue weighted by Crippen LogP contribution is 2.33. The molecule has 0 radical (unpaired) electrons. The third kappa shape index (κ3) is 7.59. The number of nitrogens with one attached hydrogen (secondary N) is 1. The molecule has 5 unspecified atom stereocenters. The van der Waals surface area contributed by atoms with Gasteiger partial charge in [0.2, 0.25) is 0 Å². The van der Waals surface area contributed by atoms with Crippen LogP contribution >= 0.6 is 0 Å². The van der Waals surface area contributed by atoms with Crippen LogP contribution in [0.2, 0.25) is 0 Å². The van der Waals surface area contributed by atoms with E-state index in [1.807, 2.05) is 30.3 Å². The number of nitrogens with zero attached hydrogens (tertiary/aromatic N) is 1. The Morgan fingerprint density at radius 3 is 2.50 bits per heavy atom. The van der Waals surface area contributed by atoms with Gasteiger partial charge in [0, 0.05) is 13.2 Å². The van der Waals surface area contributed by atoms with Crippen LogP contribution in [-0.4, -0.2) is 94.8 Å². The lowest BCUT2D eigenvalue weighted by Crippen LogP contribution is -2.52. The van der Waals surface area contributed by atoms with Crippen molar-refractivity contribution in [2.75, 3.05) is 40.1 Å². The van der Waals surface area contributed by atoms with Gasteiger partial charge in [-0.3, -0.25) is 4.84 Å². The standard InChI is InChI=1S/C29H38N2O10S/c1-36-21-7-9-23(10-8-21)42(34,35)31(41-22-11-14-37-15-12-22)18-26(32)25(17-20-5-3-2-4-6-20)30-29(33)40-27-19-39-28-24(27)13-16-38-28/h2-10,22,24-28,32H,11-19H2,1H3,(H,30,33). The number of hydrogen-bond acceptors (Lipinski definition) is 10. The molecule has 3 aliphatic rings. The van der Waals surface area contributed by atoms with Gasteiger partial charge in [-0.05, 0) is 55.5 Å². The number of carbonyl (C=O) groups excluding carboxylic acids is 1. The second-order valence-electron chi connectivity index (χ2n) is 10.6. The van der Waals surface area contributed by atoms with Gasteiger partial charge in [-0.15, -0.1) is 0 Å². The molecule has 0 saturated carbocycles. The summed E-state index contributed by atoms with van der Waals surface area (Å²) in [5.41, 5.74) is 0.838. The predicted molar refractivity (Wildman–Crippen MR) is 149 cm³/mol. The van der Waals surface area contributed by atoms with E-state index in [1.165, 1.54) is 19.2 Å². The maximum atomic E-state index is 13.8. The largest absolute Gasteiger partial charge is 0.497 e. The van der Waals surface area contributed by atoms with Crippen molar-refractivity contribution >= 4 is 16.1 Å². The van der Waals surface area contributed by atoms with Crippen molar-refractivity contribution < 1.29 is 46.8 Å². The van der Waals surface area contributed by atoms with Crippen molar-refractivity contribution in [2.24, 2.45) is 5.92 Å². The molecule has 12 nitrogen and oxygen atoms in total. The number of alkyl carbamates (subject to hydrolysis) is 1. The van der Waals surface area contributed by atoms with E-state index in [4.69, 9.17) is 28.5 Å². The van der Waals surface area contributed by atoms with E-state index in [0.717, 1.165) is 16.5 Å². The second-order valence-corrected chi connectivity index (χ2v) is 12.4. The van der Waals surface area contributed by atoms with Crippen molar-refractivity contribution in [3.05, 3.63) is 60.2 Å². The minimum atomic E-state index is -4.20. The molecule has 3 heterocycles. The molecule has 0 bridgehead atoms. The first kappa shape index (κ1) is 30.7. The van der Waals surface area contributed by atoms with Gasteiger partial charge in [0.25, 0.3) is 10.0 Å². The monoisotopic (exact) mass is 606 g/mol. The molecule has 42 heavy (non-hydrogen) atoms. The van der Waals surface area contributed by atoms with E-state index in [-0.39, 0.29) is 30.1 Å². The average molecular weight is 607 g/mol. The zero-order valence-corrected chi connectivity index (χ0v) is 24.3. The molecule has 2 aromatic carbocycles. The van der Waals surface area contributed by atoms with Gasteiger partial charge in [0.15, 0.2) is 6.29 Å². The van der Waals surface area contributed by atoms with Crippen molar-refractivity contribution in [2.45, 2.75) is 61.2 Å². The predicted octanol–water partition coefficient (Wildman–Crippen LogP) is 2.26. The molecular formula is C29H38N2O10S. The Morgan fingerprint density at radius 2 is 1.79 bits per heavy atom. The van der Waals surface area contributed by atoms with E-state index in [0.29, 0.717) is 38.4 Å². The van der Waals surface area contributed by atoms with Crippen LogP contribution in [0.25, 0.3) is 0 Å². The van der Waals surface area contributed by atoms with E-state index < -0.39 is 47.0 Å². The SMILES string of the molecule is COc1ccc(S(=O)(=O)N(CC(O)C(Cc2ccccc2)NC(=O)OC2COC3OCCC23)OC2CCOCC2)cc1. The number of benzene rings is 2. The number of carbonyl (C=O) groups is 1. The minimum Gasteiger partial charge on any atom is -0.497 e. The number of hydrogen-bond donors (Lipinski definition) is 2. The van der Waals surface area contributed by atoms with Crippen molar-refractivity contribution in [1.82, 2.24) is 9.79 Å². The molecule has 3 saturated heterocycles. The topological polar surface area (TPSA) is 142 Å². The Labute approximate surface area is 245 Å². The number of hydroxylamine groups is 1. The number of fused-ring (bicyclic) bond motifs is 1. The highest BCUT2D eigenvalue weighted by Gasteiger charge is 2.44. The van der Waals surface area contributed by atoms with Gasteiger partial charge in [0.1, 0.15) is 11.9 Å². The van der Waals surface area contributed by atoms with Crippen LogP contribution in [0.5, 0.6) is 5.75 Å². The molecule has 2 N–H and O–H groups in total. The quantitative estimate of drug-likeness (QED) is 0.346. The van der Waals surface area contributed by atoms with Gasteiger partial charge >= 0.3 is 6.09 Å². The van der Waals surface area contributed by atoms with E-state index in [2.05, 4.69) is 5.32 Å². The Hall–Kier alpha value is -2.78. The van der Waals surface area contributed by atoms with Crippen LogP contribution in [0.4, 0.5) is 4.79 Å². The summed E-state index contributed by atoms with van der Waals surface area (Å²) in [7, 11) is -2.71. The van der Waals surface area contributed by atoms with Gasteiger partial charge in [-0.1, -0.05) is 34.8 Å². The smallest absolute Gasteiger partial charge is 0.407 e. The molecular weight excluding hydrogens is 568 g/mol. The fraction of sp³-hybridized carbons (Fsp3) is 0.552. The summed E-state index contributed by atoms with van der Waals surface area (Å²) in [4.78, 5) is 19.0. The Balaban J connectivity index is 1.34. The first-order valence-electron chi connectivity index (χ1n) is 14.2. The molecule has 3 aliphatic heterocycles. The number of aliphatic hydroxyl groups is 1. The third-order valence-corrected chi connectivity index (χ3v) is 9.35. The summed E-state index contributed by atoms with van der Waals surface area (Å²) >= 11 is 0. The second kappa shape index (κ2) is 14.1. The first-order valence-corrected chi connectivity index (χ1v) is 15.6.